The standard InChI is InChI=1S/C20H33N5O3.HI/c1-2-21-20(23-12-5-13-24-14-16-28-17-15-24)22-11-4-3-6-18-7-9-19(10-8-18)25(26)27;/h7-10H,2-6,11-17H2,1H3,(H2,21,22,23);1H. The summed E-state index contributed by atoms with van der Waals surface area (Å²) in [6, 6.07) is 6.82. The molecule has 1 heterocycles. The Morgan fingerprint density at radius 2 is 1.90 bits per heavy atom. The Labute approximate surface area is 190 Å². The maximum atomic E-state index is 10.7. The number of hydrogen-bond donors (Lipinski definition) is 2. The minimum atomic E-state index is -0.365. The Morgan fingerprint density at radius 3 is 2.55 bits per heavy atom. The van der Waals surface area contributed by atoms with Crippen LogP contribution in [0.3, 0.4) is 0 Å². The normalized spacial score (nSPS) is 14.9. The lowest BCUT2D eigenvalue weighted by Crippen LogP contribution is -2.38. The zero-order valence-electron chi connectivity index (χ0n) is 17.3. The Hall–Kier alpha value is -1.46. The molecule has 1 aromatic rings. The van der Waals surface area contributed by atoms with E-state index in [2.05, 4.69) is 27.4 Å². The molecule has 0 amide bonds. The number of unbranched alkanes of at least 4 members (excludes halogenated alkanes) is 1. The Kier molecular flexibility index (Phi) is 13.6. The molecule has 164 valence electrons. The summed E-state index contributed by atoms with van der Waals surface area (Å²) in [5, 5.41) is 17.3. The van der Waals surface area contributed by atoms with E-state index in [0.717, 1.165) is 89.7 Å². The van der Waals surface area contributed by atoms with Crippen molar-refractivity contribution in [2.75, 3.05) is 52.5 Å². The van der Waals surface area contributed by atoms with Crippen LogP contribution in [0, 0.1) is 10.1 Å². The van der Waals surface area contributed by atoms with Crippen LogP contribution in [0.25, 0.3) is 0 Å². The second-order valence-electron chi connectivity index (χ2n) is 6.88. The molecule has 0 aliphatic carbocycles. The van der Waals surface area contributed by atoms with Gasteiger partial charge in [0, 0.05) is 51.4 Å². The summed E-state index contributed by atoms with van der Waals surface area (Å²) in [7, 11) is 0. The molecule has 9 heteroatoms. The van der Waals surface area contributed by atoms with Crippen molar-refractivity contribution in [1.82, 2.24) is 15.5 Å². The molecule has 1 saturated heterocycles. The number of guanidine groups is 1. The van der Waals surface area contributed by atoms with Gasteiger partial charge in [0.1, 0.15) is 0 Å². The quantitative estimate of drug-likeness (QED) is 0.117. The molecule has 0 aromatic heterocycles. The highest BCUT2D eigenvalue weighted by Gasteiger charge is 2.09. The number of aliphatic imine (C=N–C) groups is 1. The lowest BCUT2D eigenvalue weighted by atomic mass is 10.1. The minimum absolute atomic E-state index is 0. The first-order valence-corrected chi connectivity index (χ1v) is 10.2. The van der Waals surface area contributed by atoms with Crippen molar-refractivity contribution in [2.24, 2.45) is 4.99 Å². The third kappa shape index (κ3) is 10.8. The molecule has 2 rings (SSSR count). The molecule has 0 atom stereocenters. The molecule has 0 radical (unpaired) electrons. The third-order valence-electron chi connectivity index (χ3n) is 4.68. The van der Waals surface area contributed by atoms with E-state index >= 15 is 0 Å². The summed E-state index contributed by atoms with van der Waals surface area (Å²) in [6.07, 6.45) is 4.03. The summed E-state index contributed by atoms with van der Waals surface area (Å²) in [4.78, 5) is 17.4. The first-order chi connectivity index (χ1) is 13.7. The molecule has 0 spiro atoms. The Balaban J connectivity index is 0.00000420. The number of nitro groups is 1. The topological polar surface area (TPSA) is 92.0 Å². The van der Waals surface area contributed by atoms with Gasteiger partial charge in [0.05, 0.1) is 18.1 Å². The predicted molar refractivity (Wildman–Crippen MR) is 127 cm³/mol. The van der Waals surface area contributed by atoms with Gasteiger partial charge in [-0.2, -0.15) is 0 Å². The average molecular weight is 519 g/mol. The number of non-ortho nitro benzene ring substituents is 1. The van der Waals surface area contributed by atoms with Crippen molar-refractivity contribution in [3.63, 3.8) is 0 Å². The van der Waals surface area contributed by atoms with Gasteiger partial charge in [-0.05, 0) is 38.2 Å². The van der Waals surface area contributed by atoms with Gasteiger partial charge >= 0.3 is 0 Å². The number of rotatable bonds is 11. The maximum Gasteiger partial charge on any atom is 0.269 e. The number of ether oxygens (including phenoxy) is 1. The van der Waals surface area contributed by atoms with Crippen molar-refractivity contribution in [1.29, 1.82) is 0 Å². The van der Waals surface area contributed by atoms with Crippen LogP contribution in [0.4, 0.5) is 5.69 Å². The van der Waals surface area contributed by atoms with Gasteiger partial charge in [0.15, 0.2) is 5.96 Å². The average Bonchev–Trinajstić information content (AvgIpc) is 2.72. The summed E-state index contributed by atoms with van der Waals surface area (Å²) in [5.41, 5.74) is 1.28. The van der Waals surface area contributed by atoms with E-state index in [-0.39, 0.29) is 34.6 Å². The van der Waals surface area contributed by atoms with Crippen LogP contribution in [-0.2, 0) is 11.2 Å². The van der Waals surface area contributed by atoms with Crippen LogP contribution in [0.1, 0.15) is 31.7 Å². The van der Waals surface area contributed by atoms with E-state index < -0.39 is 0 Å². The lowest BCUT2D eigenvalue weighted by Gasteiger charge is -2.26. The van der Waals surface area contributed by atoms with Crippen LogP contribution >= 0.6 is 24.0 Å². The molecular formula is C20H34IN5O3. The molecule has 1 aliphatic rings. The molecule has 1 aromatic carbocycles. The molecular weight excluding hydrogens is 485 g/mol. The van der Waals surface area contributed by atoms with Gasteiger partial charge in [0.25, 0.3) is 5.69 Å². The fraction of sp³-hybridized carbons (Fsp3) is 0.650. The van der Waals surface area contributed by atoms with E-state index in [9.17, 15) is 10.1 Å². The van der Waals surface area contributed by atoms with E-state index in [1.807, 2.05) is 12.1 Å². The van der Waals surface area contributed by atoms with Gasteiger partial charge in [-0.3, -0.25) is 20.0 Å². The number of morpholine rings is 1. The molecule has 29 heavy (non-hydrogen) atoms. The number of nitrogens with zero attached hydrogens (tertiary/aromatic N) is 3. The Bertz CT molecular complexity index is 607. The fourth-order valence-corrected chi connectivity index (χ4v) is 3.10. The van der Waals surface area contributed by atoms with Crippen molar-refractivity contribution >= 4 is 35.6 Å². The summed E-state index contributed by atoms with van der Waals surface area (Å²) in [5.74, 6) is 0.875. The van der Waals surface area contributed by atoms with Crippen molar-refractivity contribution in [3.05, 3.63) is 39.9 Å². The second kappa shape index (κ2) is 15.4. The van der Waals surface area contributed by atoms with E-state index in [0.29, 0.717) is 0 Å². The van der Waals surface area contributed by atoms with Gasteiger partial charge < -0.3 is 15.4 Å². The van der Waals surface area contributed by atoms with Crippen LogP contribution in [0.5, 0.6) is 0 Å². The number of nitro benzene ring substituents is 1. The highest BCUT2D eigenvalue weighted by molar-refractivity contribution is 14.0. The van der Waals surface area contributed by atoms with Crippen LogP contribution in [0.2, 0.25) is 0 Å². The van der Waals surface area contributed by atoms with Gasteiger partial charge in [-0.1, -0.05) is 12.1 Å². The monoisotopic (exact) mass is 519 g/mol. The first-order valence-electron chi connectivity index (χ1n) is 10.2. The summed E-state index contributed by atoms with van der Waals surface area (Å²) >= 11 is 0. The van der Waals surface area contributed by atoms with Crippen LogP contribution in [-0.4, -0.2) is 68.3 Å². The van der Waals surface area contributed by atoms with Crippen LogP contribution < -0.4 is 10.6 Å². The van der Waals surface area contributed by atoms with Gasteiger partial charge in [0.2, 0.25) is 0 Å². The smallest absolute Gasteiger partial charge is 0.269 e. The highest BCUT2D eigenvalue weighted by Crippen LogP contribution is 2.13. The van der Waals surface area contributed by atoms with Crippen molar-refractivity contribution < 1.29 is 9.66 Å². The SMILES string of the molecule is CCNC(=NCCCN1CCOCC1)NCCCCc1ccc([N+](=O)[O-])cc1.I. The van der Waals surface area contributed by atoms with Crippen molar-refractivity contribution in [3.8, 4) is 0 Å². The fourth-order valence-electron chi connectivity index (χ4n) is 3.10. The second-order valence-corrected chi connectivity index (χ2v) is 6.88. The third-order valence-corrected chi connectivity index (χ3v) is 4.68. The molecule has 8 nitrogen and oxygen atoms in total. The number of benzene rings is 1. The highest BCUT2D eigenvalue weighted by atomic mass is 127. The molecule has 0 bridgehead atoms. The van der Waals surface area contributed by atoms with E-state index in [1.54, 1.807) is 12.1 Å². The van der Waals surface area contributed by atoms with Crippen molar-refractivity contribution in [2.45, 2.75) is 32.6 Å². The van der Waals surface area contributed by atoms with E-state index in [4.69, 9.17) is 4.74 Å². The zero-order chi connectivity index (χ0) is 20.0. The Morgan fingerprint density at radius 1 is 1.17 bits per heavy atom. The molecule has 0 unspecified atom stereocenters. The molecule has 0 saturated carbocycles. The molecule has 1 aliphatic heterocycles. The number of halogens is 1. The summed E-state index contributed by atoms with van der Waals surface area (Å²) < 4.78 is 5.37. The lowest BCUT2D eigenvalue weighted by molar-refractivity contribution is -0.384. The van der Waals surface area contributed by atoms with E-state index in [1.165, 1.54) is 0 Å². The van der Waals surface area contributed by atoms with Crippen LogP contribution in [0.15, 0.2) is 29.3 Å². The number of aryl methyl sites for hydroxylation is 1. The van der Waals surface area contributed by atoms with Gasteiger partial charge in [-0.15, -0.1) is 24.0 Å². The number of hydrogen-bond acceptors (Lipinski definition) is 5. The predicted octanol–water partition coefficient (Wildman–Crippen LogP) is 2.81. The molecule has 1 fully saturated rings. The maximum absolute atomic E-state index is 10.7. The molecule has 2 N–H and O–H groups in total. The minimum Gasteiger partial charge on any atom is -0.379 e. The largest absolute Gasteiger partial charge is 0.379 e. The first kappa shape index (κ1) is 25.6. The summed E-state index contributed by atoms with van der Waals surface area (Å²) in [6.45, 7) is 9.39. The zero-order valence-corrected chi connectivity index (χ0v) is 19.6. The number of nitrogens with one attached hydrogen (secondary N) is 2. The van der Waals surface area contributed by atoms with Gasteiger partial charge in [-0.25, -0.2) is 0 Å².